The highest BCUT2D eigenvalue weighted by Crippen LogP contribution is 2.29. The second-order valence-electron chi connectivity index (χ2n) is 3.08. The number of carbonyl (C=O) groups is 1. The molecule has 0 bridgehead atoms. The first-order valence-corrected chi connectivity index (χ1v) is 5.93. The number of alkyl halides is 2. The molecule has 4 nitrogen and oxygen atoms in total. The topological polar surface area (TPSA) is 65.2 Å². The highest BCUT2D eigenvalue weighted by molar-refractivity contribution is 14.1. The highest BCUT2D eigenvalue weighted by Gasteiger charge is 2.23. The molecule has 0 amide bonds. The summed E-state index contributed by atoms with van der Waals surface area (Å²) in [7, 11) is 0. The Morgan fingerprint density at radius 3 is 2.76 bits per heavy atom. The molecular weight excluding hydrogens is 345 g/mol. The van der Waals surface area contributed by atoms with Crippen molar-refractivity contribution in [2.45, 2.75) is 19.9 Å². The first kappa shape index (κ1) is 14.2. The minimum atomic E-state index is -2.72. The molecule has 0 spiro atoms. The van der Waals surface area contributed by atoms with E-state index in [0.29, 0.717) is 0 Å². The minimum Gasteiger partial charge on any atom is -0.462 e. The lowest BCUT2D eigenvalue weighted by Gasteiger charge is -2.13. The number of nitrogens with zero attached hydrogens (tertiary/aromatic N) is 1. The molecule has 1 aromatic rings. The normalized spacial score (nSPS) is 10.7. The number of halogens is 3. The maximum atomic E-state index is 12.9. The molecule has 0 saturated heterocycles. The zero-order chi connectivity index (χ0) is 13.0. The SMILES string of the molecule is CCOC(=O)c1cnc(I)c(C(F)F)c1CN. The van der Waals surface area contributed by atoms with Gasteiger partial charge in [0.15, 0.2) is 0 Å². The summed E-state index contributed by atoms with van der Waals surface area (Å²) in [6.07, 6.45) is -1.50. The van der Waals surface area contributed by atoms with Crippen LogP contribution in [0.15, 0.2) is 6.20 Å². The van der Waals surface area contributed by atoms with Crippen molar-refractivity contribution in [1.82, 2.24) is 4.98 Å². The maximum absolute atomic E-state index is 12.9. The van der Waals surface area contributed by atoms with Crippen LogP contribution < -0.4 is 5.73 Å². The summed E-state index contributed by atoms with van der Waals surface area (Å²) in [5, 5.41) is 0. The summed E-state index contributed by atoms with van der Waals surface area (Å²) in [4.78, 5) is 15.3. The molecule has 1 aromatic heterocycles. The van der Waals surface area contributed by atoms with Crippen LogP contribution in [0.25, 0.3) is 0 Å². The van der Waals surface area contributed by atoms with E-state index < -0.39 is 12.4 Å². The molecule has 0 aromatic carbocycles. The van der Waals surface area contributed by atoms with E-state index in [1.807, 2.05) is 0 Å². The number of pyridine rings is 1. The minimum absolute atomic E-state index is 0.00469. The quantitative estimate of drug-likeness (QED) is 0.511. The van der Waals surface area contributed by atoms with E-state index in [-0.39, 0.29) is 33.5 Å². The van der Waals surface area contributed by atoms with Crippen LogP contribution >= 0.6 is 22.6 Å². The summed E-state index contributed by atoms with van der Waals surface area (Å²) in [6.45, 7) is 1.64. The van der Waals surface area contributed by atoms with Gasteiger partial charge in [-0.3, -0.25) is 0 Å². The van der Waals surface area contributed by atoms with Crippen LogP contribution in [-0.2, 0) is 11.3 Å². The molecule has 0 saturated carbocycles. The molecule has 0 aliphatic rings. The van der Waals surface area contributed by atoms with E-state index in [1.165, 1.54) is 6.20 Å². The summed E-state index contributed by atoms with van der Waals surface area (Å²) in [5.74, 6) is -0.682. The number of hydrogen-bond donors (Lipinski definition) is 1. The van der Waals surface area contributed by atoms with E-state index in [2.05, 4.69) is 4.98 Å². The predicted molar refractivity (Wildman–Crippen MR) is 65.8 cm³/mol. The van der Waals surface area contributed by atoms with Crippen LogP contribution in [0.5, 0.6) is 0 Å². The van der Waals surface area contributed by atoms with Crippen molar-refractivity contribution in [3.63, 3.8) is 0 Å². The number of esters is 1. The average Bonchev–Trinajstić information content (AvgIpc) is 2.27. The number of ether oxygens (including phenoxy) is 1. The van der Waals surface area contributed by atoms with Gasteiger partial charge in [-0.15, -0.1) is 0 Å². The van der Waals surface area contributed by atoms with Crippen LogP contribution in [-0.4, -0.2) is 17.6 Å². The Morgan fingerprint density at radius 1 is 1.65 bits per heavy atom. The van der Waals surface area contributed by atoms with Gasteiger partial charge >= 0.3 is 5.97 Å². The fraction of sp³-hybridized carbons (Fsp3) is 0.400. The molecule has 7 heteroatoms. The standard InChI is InChI=1S/C10H11F2IN2O2/c1-2-17-10(16)6-4-15-9(13)7(8(11)12)5(6)3-14/h4,8H,2-3,14H2,1H3. The first-order chi connectivity index (χ1) is 8.02. The molecule has 2 N–H and O–H groups in total. The monoisotopic (exact) mass is 356 g/mol. The molecular formula is C10H11F2IN2O2. The Morgan fingerprint density at radius 2 is 2.29 bits per heavy atom. The van der Waals surface area contributed by atoms with Gasteiger partial charge in [-0.25, -0.2) is 18.6 Å². The molecule has 0 fully saturated rings. The molecule has 17 heavy (non-hydrogen) atoms. The van der Waals surface area contributed by atoms with Gasteiger partial charge in [0, 0.05) is 12.7 Å². The highest BCUT2D eigenvalue weighted by atomic mass is 127. The van der Waals surface area contributed by atoms with Gasteiger partial charge in [-0.05, 0) is 35.1 Å². The largest absolute Gasteiger partial charge is 0.462 e. The zero-order valence-electron chi connectivity index (χ0n) is 9.04. The summed E-state index contributed by atoms with van der Waals surface area (Å²) in [5.41, 5.74) is 5.23. The summed E-state index contributed by atoms with van der Waals surface area (Å²) in [6, 6.07) is 0. The second-order valence-corrected chi connectivity index (χ2v) is 4.10. The first-order valence-electron chi connectivity index (χ1n) is 4.85. The number of aromatic nitrogens is 1. The van der Waals surface area contributed by atoms with Gasteiger partial charge in [-0.2, -0.15) is 0 Å². The van der Waals surface area contributed by atoms with E-state index >= 15 is 0 Å². The Labute approximate surface area is 111 Å². The Balaban J connectivity index is 3.32. The third-order valence-electron chi connectivity index (χ3n) is 2.10. The Kier molecular flexibility index (Phi) is 5.19. The molecule has 1 heterocycles. The Hall–Kier alpha value is -0.830. The third kappa shape index (κ3) is 3.09. The van der Waals surface area contributed by atoms with Crippen molar-refractivity contribution in [1.29, 1.82) is 0 Å². The van der Waals surface area contributed by atoms with Crippen molar-refractivity contribution in [2.75, 3.05) is 6.61 Å². The zero-order valence-corrected chi connectivity index (χ0v) is 11.2. The summed E-state index contributed by atoms with van der Waals surface area (Å²) < 4.78 is 30.6. The van der Waals surface area contributed by atoms with Gasteiger partial charge in [0.1, 0.15) is 3.70 Å². The summed E-state index contributed by atoms with van der Waals surface area (Å²) >= 11 is 1.69. The van der Waals surface area contributed by atoms with Crippen molar-refractivity contribution < 1.29 is 18.3 Å². The van der Waals surface area contributed by atoms with Crippen molar-refractivity contribution in [3.05, 3.63) is 26.6 Å². The van der Waals surface area contributed by atoms with Gasteiger partial charge in [0.2, 0.25) is 0 Å². The third-order valence-corrected chi connectivity index (χ3v) is 2.96. The van der Waals surface area contributed by atoms with Crippen molar-refractivity contribution >= 4 is 28.6 Å². The molecule has 1 rings (SSSR count). The smallest absolute Gasteiger partial charge is 0.340 e. The molecule has 94 valence electrons. The fourth-order valence-electron chi connectivity index (χ4n) is 1.36. The van der Waals surface area contributed by atoms with Crippen LogP contribution in [0.4, 0.5) is 8.78 Å². The lowest BCUT2D eigenvalue weighted by atomic mass is 10.0. The predicted octanol–water partition coefficient (Wildman–Crippen LogP) is 2.26. The van der Waals surface area contributed by atoms with Gasteiger partial charge in [0.05, 0.1) is 17.7 Å². The second kappa shape index (κ2) is 6.20. The van der Waals surface area contributed by atoms with Crippen molar-refractivity contribution in [2.24, 2.45) is 5.73 Å². The van der Waals surface area contributed by atoms with Crippen LogP contribution in [0.1, 0.15) is 34.8 Å². The molecule has 0 atom stereocenters. The molecule has 0 unspecified atom stereocenters. The van der Waals surface area contributed by atoms with E-state index in [9.17, 15) is 13.6 Å². The number of carbonyl (C=O) groups excluding carboxylic acids is 1. The van der Waals surface area contributed by atoms with E-state index in [0.717, 1.165) is 0 Å². The van der Waals surface area contributed by atoms with Gasteiger partial charge in [-0.1, -0.05) is 0 Å². The van der Waals surface area contributed by atoms with E-state index in [1.54, 1.807) is 29.5 Å². The van der Waals surface area contributed by atoms with Crippen LogP contribution in [0, 0.1) is 3.70 Å². The van der Waals surface area contributed by atoms with Gasteiger partial charge < -0.3 is 10.5 Å². The van der Waals surface area contributed by atoms with E-state index in [4.69, 9.17) is 10.5 Å². The number of rotatable bonds is 4. The van der Waals surface area contributed by atoms with Gasteiger partial charge in [0.25, 0.3) is 6.43 Å². The fourth-order valence-corrected chi connectivity index (χ4v) is 2.06. The maximum Gasteiger partial charge on any atom is 0.340 e. The lowest BCUT2D eigenvalue weighted by Crippen LogP contribution is -2.15. The molecule has 0 aliphatic carbocycles. The molecule has 0 aliphatic heterocycles. The Bertz CT molecular complexity index is 427. The van der Waals surface area contributed by atoms with Crippen molar-refractivity contribution in [3.8, 4) is 0 Å². The van der Waals surface area contributed by atoms with Crippen LogP contribution in [0.2, 0.25) is 0 Å². The molecule has 0 radical (unpaired) electrons. The lowest BCUT2D eigenvalue weighted by molar-refractivity contribution is 0.0524. The number of nitrogens with two attached hydrogens (primary N) is 1. The number of hydrogen-bond acceptors (Lipinski definition) is 4. The average molecular weight is 356 g/mol. The van der Waals surface area contributed by atoms with Crippen LogP contribution in [0.3, 0.4) is 0 Å².